The lowest BCUT2D eigenvalue weighted by atomic mass is 9.91. The van der Waals surface area contributed by atoms with Gasteiger partial charge in [0.2, 0.25) is 5.91 Å². The smallest absolute Gasteiger partial charge is 0.237 e. The minimum Gasteiger partial charge on any atom is -0.379 e. The molecule has 2 fully saturated rings. The highest BCUT2D eigenvalue weighted by Gasteiger charge is 2.32. The molecule has 5 nitrogen and oxygen atoms in total. The molecule has 0 spiro atoms. The quantitative estimate of drug-likeness (QED) is 0.673. The van der Waals surface area contributed by atoms with Crippen LogP contribution in [0.1, 0.15) is 39.5 Å². The van der Waals surface area contributed by atoms with Gasteiger partial charge in [0, 0.05) is 19.6 Å². The number of amides is 1. The van der Waals surface area contributed by atoms with E-state index in [9.17, 15) is 4.79 Å². The van der Waals surface area contributed by atoms with Crippen LogP contribution < -0.4 is 10.6 Å². The number of rotatable bonds is 8. The highest BCUT2D eigenvalue weighted by Crippen LogP contribution is 2.20. The van der Waals surface area contributed by atoms with Gasteiger partial charge in [-0.2, -0.15) is 0 Å². The molecule has 2 aliphatic heterocycles. The Morgan fingerprint density at radius 2 is 1.92 bits per heavy atom. The number of ether oxygens (including phenoxy) is 1. The van der Waals surface area contributed by atoms with Gasteiger partial charge in [-0.25, -0.2) is 0 Å². The van der Waals surface area contributed by atoms with Crippen LogP contribution in [0, 0.1) is 11.8 Å². The summed E-state index contributed by atoms with van der Waals surface area (Å²) in [5.41, 5.74) is 0. The van der Waals surface area contributed by atoms with Crippen molar-refractivity contribution in [2.45, 2.75) is 45.6 Å². The van der Waals surface area contributed by atoms with Gasteiger partial charge in [0.25, 0.3) is 0 Å². The first kappa shape index (κ1) is 23.9. The van der Waals surface area contributed by atoms with Crippen LogP contribution in [0.15, 0.2) is 0 Å². The average molecular weight is 384 g/mol. The zero-order valence-electron chi connectivity index (χ0n) is 15.1. The summed E-state index contributed by atoms with van der Waals surface area (Å²) in [6.07, 6.45) is 4.45. The second-order valence-corrected chi connectivity index (χ2v) is 6.61. The van der Waals surface area contributed by atoms with Crippen LogP contribution in [0.3, 0.4) is 0 Å². The molecule has 2 aliphatic rings. The molecular formula is C17H35Cl2N3O2. The van der Waals surface area contributed by atoms with Crippen molar-refractivity contribution >= 4 is 30.7 Å². The summed E-state index contributed by atoms with van der Waals surface area (Å²) >= 11 is 0. The highest BCUT2D eigenvalue weighted by molar-refractivity contribution is 5.85. The van der Waals surface area contributed by atoms with Crippen molar-refractivity contribution in [1.82, 2.24) is 15.5 Å². The predicted octanol–water partition coefficient (Wildman–Crippen LogP) is 2.08. The number of nitrogens with zero attached hydrogens (tertiary/aromatic N) is 1. The largest absolute Gasteiger partial charge is 0.379 e. The lowest BCUT2D eigenvalue weighted by molar-refractivity contribution is -0.130. The van der Waals surface area contributed by atoms with Crippen molar-refractivity contribution in [2.75, 3.05) is 45.9 Å². The van der Waals surface area contributed by atoms with Crippen LogP contribution >= 0.6 is 24.8 Å². The third-order valence-electron chi connectivity index (χ3n) is 5.22. The molecule has 2 rings (SSSR count). The normalized spacial score (nSPS) is 22.5. The minimum absolute atomic E-state index is 0. The zero-order valence-corrected chi connectivity index (χ0v) is 16.7. The summed E-state index contributed by atoms with van der Waals surface area (Å²) < 4.78 is 5.44. The number of morpholine rings is 1. The summed E-state index contributed by atoms with van der Waals surface area (Å²) in [6, 6.07) is 0.0144. The standard InChI is InChI=1S/C17H33N3O2.2ClH/c1-3-15(4-2)16(20-9-11-22-12-10-20)17(21)19-8-6-14-5-7-18-13-14;;/h14-16,18H,3-13H2,1-2H3,(H,19,21);2*1H. The number of carbonyl (C=O) groups is 1. The van der Waals surface area contributed by atoms with E-state index < -0.39 is 0 Å². The summed E-state index contributed by atoms with van der Waals surface area (Å²) in [4.78, 5) is 15.1. The summed E-state index contributed by atoms with van der Waals surface area (Å²) in [6.45, 7) is 10.7. The van der Waals surface area contributed by atoms with E-state index in [0.717, 1.165) is 71.1 Å². The van der Waals surface area contributed by atoms with E-state index in [0.29, 0.717) is 5.92 Å². The molecule has 2 heterocycles. The van der Waals surface area contributed by atoms with Gasteiger partial charge in [0.05, 0.1) is 19.3 Å². The molecule has 0 radical (unpaired) electrons. The van der Waals surface area contributed by atoms with Gasteiger partial charge < -0.3 is 15.4 Å². The van der Waals surface area contributed by atoms with E-state index in [1.165, 1.54) is 6.42 Å². The molecule has 24 heavy (non-hydrogen) atoms. The number of nitrogens with one attached hydrogen (secondary N) is 2. The van der Waals surface area contributed by atoms with Crippen LogP contribution in [-0.2, 0) is 9.53 Å². The Hall–Kier alpha value is -0.0700. The van der Waals surface area contributed by atoms with Crippen molar-refractivity contribution in [2.24, 2.45) is 11.8 Å². The van der Waals surface area contributed by atoms with E-state index in [1.807, 2.05) is 0 Å². The van der Waals surface area contributed by atoms with Crippen molar-refractivity contribution in [3.05, 3.63) is 0 Å². The maximum atomic E-state index is 12.8. The van der Waals surface area contributed by atoms with Crippen LogP contribution in [0.5, 0.6) is 0 Å². The van der Waals surface area contributed by atoms with Gasteiger partial charge in [-0.05, 0) is 37.8 Å². The van der Waals surface area contributed by atoms with Gasteiger partial charge in [0.1, 0.15) is 0 Å². The van der Waals surface area contributed by atoms with Gasteiger partial charge >= 0.3 is 0 Å². The lowest BCUT2D eigenvalue weighted by Crippen LogP contribution is -2.54. The topological polar surface area (TPSA) is 53.6 Å². The van der Waals surface area contributed by atoms with Crippen molar-refractivity contribution in [3.8, 4) is 0 Å². The van der Waals surface area contributed by atoms with E-state index in [2.05, 4.69) is 29.4 Å². The molecule has 7 heteroatoms. The average Bonchev–Trinajstić information content (AvgIpc) is 3.06. The third-order valence-corrected chi connectivity index (χ3v) is 5.22. The zero-order chi connectivity index (χ0) is 15.8. The maximum absolute atomic E-state index is 12.8. The van der Waals surface area contributed by atoms with Gasteiger partial charge in [-0.15, -0.1) is 24.8 Å². The maximum Gasteiger partial charge on any atom is 0.237 e. The third kappa shape index (κ3) is 7.04. The molecule has 144 valence electrons. The first-order valence-corrected chi connectivity index (χ1v) is 9.06. The SMILES string of the molecule is CCC(CC)C(C(=O)NCCC1CCNC1)N1CCOCC1.Cl.Cl. The Balaban J connectivity index is 0.00000264. The molecule has 2 atom stereocenters. The summed E-state index contributed by atoms with van der Waals surface area (Å²) in [5.74, 6) is 1.39. The van der Waals surface area contributed by atoms with E-state index in [1.54, 1.807) is 0 Å². The molecule has 2 N–H and O–H groups in total. The van der Waals surface area contributed by atoms with Crippen molar-refractivity contribution in [3.63, 3.8) is 0 Å². The van der Waals surface area contributed by atoms with Crippen LogP contribution in [0.25, 0.3) is 0 Å². The van der Waals surface area contributed by atoms with Gasteiger partial charge in [0.15, 0.2) is 0 Å². The lowest BCUT2D eigenvalue weighted by Gasteiger charge is -2.37. The molecule has 0 aromatic heterocycles. The molecule has 0 aliphatic carbocycles. The van der Waals surface area contributed by atoms with Crippen molar-refractivity contribution < 1.29 is 9.53 Å². The summed E-state index contributed by atoms with van der Waals surface area (Å²) in [7, 11) is 0. The predicted molar refractivity (Wildman–Crippen MR) is 103 cm³/mol. The molecule has 0 bridgehead atoms. The monoisotopic (exact) mass is 383 g/mol. The first-order valence-electron chi connectivity index (χ1n) is 9.06. The number of halogens is 2. The Morgan fingerprint density at radius 3 is 2.46 bits per heavy atom. The Kier molecular flexibility index (Phi) is 13.1. The fourth-order valence-electron chi connectivity index (χ4n) is 3.73. The first-order chi connectivity index (χ1) is 10.8. The fraction of sp³-hybridized carbons (Fsp3) is 0.941. The Bertz CT molecular complexity index is 332. The fourth-order valence-corrected chi connectivity index (χ4v) is 3.73. The van der Waals surface area contributed by atoms with Crippen LogP contribution in [-0.4, -0.2) is 62.8 Å². The molecule has 0 aromatic carbocycles. The van der Waals surface area contributed by atoms with Gasteiger partial charge in [-0.3, -0.25) is 9.69 Å². The minimum atomic E-state index is 0. The molecule has 2 saturated heterocycles. The summed E-state index contributed by atoms with van der Waals surface area (Å²) in [5, 5.41) is 6.59. The molecular weight excluding hydrogens is 349 g/mol. The van der Waals surface area contributed by atoms with Crippen LogP contribution in [0.4, 0.5) is 0 Å². The highest BCUT2D eigenvalue weighted by atomic mass is 35.5. The molecule has 0 aromatic rings. The van der Waals surface area contributed by atoms with Crippen molar-refractivity contribution in [1.29, 1.82) is 0 Å². The molecule has 1 amide bonds. The second kappa shape index (κ2) is 13.2. The van der Waals surface area contributed by atoms with E-state index in [-0.39, 0.29) is 36.8 Å². The molecule has 2 unspecified atom stereocenters. The number of carbonyl (C=O) groups excluding carboxylic acids is 1. The van der Waals surface area contributed by atoms with Gasteiger partial charge in [-0.1, -0.05) is 26.7 Å². The Morgan fingerprint density at radius 1 is 1.25 bits per heavy atom. The second-order valence-electron chi connectivity index (χ2n) is 6.61. The van der Waals surface area contributed by atoms with E-state index in [4.69, 9.17) is 4.74 Å². The number of hydrogen-bond donors (Lipinski definition) is 2. The molecule has 0 saturated carbocycles. The van der Waals surface area contributed by atoms with Crippen LogP contribution in [0.2, 0.25) is 0 Å². The number of hydrogen-bond acceptors (Lipinski definition) is 4. The van der Waals surface area contributed by atoms with E-state index >= 15 is 0 Å². The Labute approximate surface area is 159 Å².